The van der Waals surface area contributed by atoms with Gasteiger partial charge in [-0.3, -0.25) is 0 Å². The average molecular weight is 430 g/mol. The van der Waals surface area contributed by atoms with E-state index >= 15 is 0 Å². The lowest BCUT2D eigenvalue weighted by Gasteiger charge is -2.15. The number of carbonyl (C=O) groups is 1. The third-order valence-corrected chi connectivity index (χ3v) is 5.84. The van der Waals surface area contributed by atoms with Gasteiger partial charge in [-0.25, -0.2) is 4.79 Å². The van der Waals surface area contributed by atoms with Crippen molar-refractivity contribution in [2.45, 2.75) is 94.7 Å². The lowest BCUT2D eigenvalue weighted by atomic mass is 10.0. The Balaban J connectivity index is 2.02. The number of halogens is 2. The Morgan fingerprint density at radius 3 is 2.00 bits per heavy atom. The summed E-state index contributed by atoms with van der Waals surface area (Å²) in [6.07, 6.45) is 14.7. The molecule has 160 valence electrons. The van der Waals surface area contributed by atoms with Gasteiger partial charge in [-0.2, -0.15) is 0 Å². The number of nitrogens with one attached hydrogen (secondary N) is 1. The smallest absolute Gasteiger partial charge is 0.335 e. The van der Waals surface area contributed by atoms with Gasteiger partial charge in [0.2, 0.25) is 0 Å². The molecular weight excluding hydrogens is 393 g/mol. The summed E-state index contributed by atoms with van der Waals surface area (Å²) in [5, 5.41) is 12.4. The van der Waals surface area contributed by atoms with Crippen molar-refractivity contribution in [2.24, 2.45) is 0 Å². The fourth-order valence-electron chi connectivity index (χ4n) is 3.29. The van der Waals surface area contributed by atoms with E-state index in [9.17, 15) is 4.79 Å². The minimum atomic E-state index is -0.910. The normalized spacial score (nSPS) is 13.2. The molecule has 0 heterocycles. The number of unbranched alkanes of at least 4 members (excludes halogenated alkanes) is 8. The average Bonchev–Trinajstić information content (AvgIpc) is 2.67. The summed E-state index contributed by atoms with van der Waals surface area (Å²) < 4.78 is 0. The van der Waals surface area contributed by atoms with Crippen molar-refractivity contribution in [1.29, 1.82) is 0 Å². The molecule has 0 aliphatic carbocycles. The first-order chi connectivity index (χ1) is 13.5. The number of alkyl halides is 2. The van der Waals surface area contributed by atoms with Gasteiger partial charge in [0, 0.05) is 23.0 Å². The van der Waals surface area contributed by atoms with Crippen LogP contribution in [0.25, 0.3) is 0 Å². The molecule has 0 radical (unpaired) electrons. The second-order valence-corrected chi connectivity index (χ2v) is 8.88. The second-order valence-electron chi connectivity index (χ2n) is 7.65. The summed E-state index contributed by atoms with van der Waals surface area (Å²) in [5.74, 6) is -0.910. The second kappa shape index (κ2) is 15.9. The summed E-state index contributed by atoms with van der Waals surface area (Å²) in [4.78, 5) is 10.8. The van der Waals surface area contributed by atoms with Gasteiger partial charge in [-0.15, -0.1) is 23.2 Å². The van der Waals surface area contributed by atoms with Crippen LogP contribution in [0, 0.1) is 0 Å². The molecule has 0 bridgehead atoms. The highest BCUT2D eigenvalue weighted by molar-refractivity contribution is 6.23. The molecule has 0 aliphatic heterocycles. The van der Waals surface area contributed by atoms with Crippen LogP contribution < -0.4 is 5.32 Å². The molecule has 1 rings (SSSR count). The summed E-state index contributed by atoms with van der Waals surface area (Å²) in [5.41, 5.74) is 1.20. The minimum Gasteiger partial charge on any atom is -0.478 e. The van der Waals surface area contributed by atoms with Gasteiger partial charge in [0.25, 0.3) is 0 Å². The number of aromatic carboxylic acids is 1. The molecule has 28 heavy (non-hydrogen) atoms. The molecule has 1 aromatic carbocycles. The van der Waals surface area contributed by atoms with Crippen LogP contribution in [-0.4, -0.2) is 28.4 Å². The van der Waals surface area contributed by atoms with Crippen LogP contribution in [0.4, 0.5) is 5.69 Å². The number of rotatable bonds is 17. The SMILES string of the molecule is CCCCCCCCCCCC(Cl)CC(Cl)CCNc1ccc(C(=O)O)cc1. The van der Waals surface area contributed by atoms with Gasteiger partial charge in [0.1, 0.15) is 0 Å². The van der Waals surface area contributed by atoms with E-state index < -0.39 is 5.97 Å². The maximum atomic E-state index is 10.8. The van der Waals surface area contributed by atoms with Gasteiger partial charge in [-0.1, -0.05) is 64.7 Å². The molecule has 0 spiro atoms. The largest absolute Gasteiger partial charge is 0.478 e. The molecule has 2 unspecified atom stereocenters. The number of benzene rings is 1. The van der Waals surface area contributed by atoms with Crippen LogP contribution in [0.3, 0.4) is 0 Å². The van der Waals surface area contributed by atoms with Gasteiger partial charge >= 0.3 is 5.97 Å². The van der Waals surface area contributed by atoms with E-state index in [1.807, 2.05) is 0 Å². The Bertz CT molecular complexity index is 522. The lowest BCUT2D eigenvalue weighted by Crippen LogP contribution is -2.13. The first-order valence-electron chi connectivity index (χ1n) is 10.9. The number of carboxylic acid groups (broad SMARTS) is 1. The molecule has 2 atom stereocenters. The van der Waals surface area contributed by atoms with Crippen molar-refractivity contribution >= 4 is 34.9 Å². The van der Waals surface area contributed by atoms with Crippen molar-refractivity contribution in [3.8, 4) is 0 Å². The zero-order valence-corrected chi connectivity index (χ0v) is 18.8. The van der Waals surface area contributed by atoms with E-state index in [1.165, 1.54) is 57.8 Å². The third-order valence-electron chi connectivity index (χ3n) is 5.05. The first-order valence-corrected chi connectivity index (χ1v) is 11.8. The van der Waals surface area contributed by atoms with Crippen LogP contribution in [0.2, 0.25) is 0 Å². The number of hydrogen-bond donors (Lipinski definition) is 2. The summed E-state index contributed by atoms with van der Waals surface area (Å²) in [6, 6.07) is 6.76. The van der Waals surface area contributed by atoms with E-state index in [2.05, 4.69) is 12.2 Å². The predicted molar refractivity (Wildman–Crippen MR) is 122 cm³/mol. The summed E-state index contributed by atoms with van der Waals surface area (Å²) in [7, 11) is 0. The van der Waals surface area contributed by atoms with E-state index in [1.54, 1.807) is 24.3 Å². The van der Waals surface area contributed by atoms with Crippen LogP contribution in [0.5, 0.6) is 0 Å². The Kier molecular flexibility index (Phi) is 14.3. The number of anilines is 1. The molecule has 2 N–H and O–H groups in total. The standard InChI is InChI=1S/C23H37Cl2NO2/c1-2-3-4-5-6-7-8-9-10-11-20(24)18-21(25)16-17-26-22-14-12-19(13-15-22)23(27)28/h12-15,20-21,26H,2-11,16-18H2,1H3,(H,27,28). The molecular formula is C23H37Cl2NO2. The summed E-state index contributed by atoms with van der Waals surface area (Å²) in [6.45, 7) is 3.01. The fourth-order valence-corrected chi connectivity index (χ4v) is 4.08. The van der Waals surface area contributed by atoms with Gasteiger partial charge in [0.05, 0.1) is 5.56 Å². The molecule has 5 heteroatoms. The Morgan fingerprint density at radius 2 is 1.43 bits per heavy atom. The topological polar surface area (TPSA) is 49.3 Å². The van der Waals surface area contributed by atoms with Gasteiger partial charge < -0.3 is 10.4 Å². The third kappa shape index (κ3) is 12.5. The molecule has 3 nitrogen and oxygen atoms in total. The van der Waals surface area contributed by atoms with Crippen molar-refractivity contribution in [1.82, 2.24) is 0 Å². The minimum absolute atomic E-state index is 0.0619. The zero-order valence-electron chi connectivity index (χ0n) is 17.3. The Labute approximate surface area is 181 Å². The number of carboxylic acids is 1. The zero-order chi connectivity index (χ0) is 20.6. The van der Waals surface area contributed by atoms with Crippen LogP contribution in [0.15, 0.2) is 24.3 Å². The predicted octanol–water partition coefficient (Wildman–Crippen LogP) is 7.71. The van der Waals surface area contributed by atoms with E-state index in [0.717, 1.165) is 31.5 Å². The van der Waals surface area contributed by atoms with E-state index in [-0.39, 0.29) is 10.8 Å². The van der Waals surface area contributed by atoms with Gasteiger partial charge in [-0.05, 0) is 43.5 Å². The van der Waals surface area contributed by atoms with Crippen LogP contribution in [-0.2, 0) is 0 Å². The molecule has 0 fully saturated rings. The Morgan fingerprint density at radius 1 is 0.893 bits per heavy atom. The number of hydrogen-bond acceptors (Lipinski definition) is 2. The maximum Gasteiger partial charge on any atom is 0.335 e. The molecule has 0 saturated heterocycles. The van der Waals surface area contributed by atoms with Crippen molar-refractivity contribution in [3.63, 3.8) is 0 Å². The Hall–Kier alpha value is -0.930. The van der Waals surface area contributed by atoms with Gasteiger partial charge in [0.15, 0.2) is 0 Å². The highest BCUT2D eigenvalue weighted by Crippen LogP contribution is 2.20. The lowest BCUT2D eigenvalue weighted by molar-refractivity contribution is 0.0697. The summed E-state index contributed by atoms with van der Waals surface area (Å²) >= 11 is 12.9. The maximum absolute atomic E-state index is 10.8. The van der Waals surface area contributed by atoms with Crippen molar-refractivity contribution in [2.75, 3.05) is 11.9 Å². The quantitative estimate of drug-likeness (QED) is 0.197. The molecule has 0 aliphatic rings. The van der Waals surface area contributed by atoms with E-state index in [4.69, 9.17) is 28.3 Å². The van der Waals surface area contributed by atoms with Crippen molar-refractivity contribution in [3.05, 3.63) is 29.8 Å². The molecule has 0 amide bonds. The first kappa shape index (κ1) is 25.1. The van der Waals surface area contributed by atoms with Crippen LogP contribution in [0.1, 0.15) is 94.3 Å². The van der Waals surface area contributed by atoms with Crippen molar-refractivity contribution < 1.29 is 9.90 Å². The highest BCUT2D eigenvalue weighted by Gasteiger charge is 2.12. The van der Waals surface area contributed by atoms with Crippen LogP contribution >= 0.6 is 23.2 Å². The van der Waals surface area contributed by atoms with E-state index in [0.29, 0.717) is 5.56 Å². The molecule has 0 saturated carbocycles. The molecule has 1 aromatic rings. The molecule has 0 aromatic heterocycles. The highest BCUT2D eigenvalue weighted by atomic mass is 35.5. The fraction of sp³-hybridized carbons (Fsp3) is 0.696. The monoisotopic (exact) mass is 429 g/mol.